The van der Waals surface area contributed by atoms with E-state index < -0.39 is 0 Å². The molecule has 3 aliphatic carbocycles. The maximum Gasteiger partial charge on any atom is 0.220 e. The van der Waals surface area contributed by atoms with Crippen LogP contribution < -0.4 is 5.32 Å². The van der Waals surface area contributed by atoms with E-state index in [1.807, 2.05) is 6.07 Å². The van der Waals surface area contributed by atoms with Gasteiger partial charge in [-0.2, -0.15) is 0 Å². The van der Waals surface area contributed by atoms with E-state index in [1.54, 1.807) is 0 Å². The molecule has 0 heterocycles. The SMILES string of the molecule is O=C(CCCOCCc1ccccc1)N[C@@H]1C[C@H]2C[C@H]1[C@@H]1CCC[C@H]21. The number of ether oxygens (including phenoxy) is 1. The largest absolute Gasteiger partial charge is 0.381 e. The summed E-state index contributed by atoms with van der Waals surface area (Å²) < 4.78 is 5.68. The second-order valence-electron chi connectivity index (χ2n) is 8.28. The zero-order valence-electron chi connectivity index (χ0n) is 15.2. The van der Waals surface area contributed by atoms with Crippen molar-refractivity contribution >= 4 is 5.91 Å². The molecule has 3 heteroatoms. The van der Waals surface area contributed by atoms with Crippen LogP contribution in [0.3, 0.4) is 0 Å². The first-order valence-electron chi connectivity index (χ1n) is 10.2. The summed E-state index contributed by atoms with van der Waals surface area (Å²) >= 11 is 0. The van der Waals surface area contributed by atoms with Gasteiger partial charge in [0.25, 0.3) is 0 Å². The van der Waals surface area contributed by atoms with Crippen LogP contribution in [0.1, 0.15) is 50.5 Å². The molecule has 3 fully saturated rings. The summed E-state index contributed by atoms with van der Waals surface area (Å²) in [5.41, 5.74) is 1.31. The van der Waals surface area contributed by atoms with Gasteiger partial charge < -0.3 is 10.1 Å². The number of amides is 1. The highest BCUT2D eigenvalue weighted by Gasteiger charge is 2.53. The van der Waals surface area contributed by atoms with E-state index in [-0.39, 0.29) is 5.91 Å². The number of carbonyl (C=O) groups excluding carboxylic acids is 1. The molecule has 1 N–H and O–H groups in total. The molecule has 136 valence electrons. The van der Waals surface area contributed by atoms with Gasteiger partial charge in [-0.25, -0.2) is 0 Å². The Bertz CT molecular complexity index is 573. The number of benzene rings is 1. The fourth-order valence-electron chi connectivity index (χ4n) is 5.78. The van der Waals surface area contributed by atoms with Crippen molar-refractivity contribution in [1.82, 2.24) is 5.32 Å². The first-order chi connectivity index (χ1) is 12.3. The molecular weight excluding hydrogens is 310 g/mol. The smallest absolute Gasteiger partial charge is 0.220 e. The number of carbonyl (C=O) groups is 1. The van der Waals surface area contributed by atoms with Crippen molar-refractivity contribution in [1.29, 1.82) is 0 Å². The van der Waals surface area contributed by atoms with Crippen molar-refractivity contribution in [2.45, 2.75) is 57.4 Å². The third kappa shape index (κ3) is 3.92. The fraction of sp³-hybridized carbons (Fsp3) is 0.682. The molecule has 25 heavy (non-hydrogen) atoms. The van der Waals surface area contributed by atoms with E-state index in [0.717, 1.165) is 43.1 Å². The van der Waals surface area contributed by atoms with E-state index in [2.05, 4.69) is 29.6 Å². The van der Waals surface area contributed by atoms with Gasteiger partial charge in [-0.05, 0) is 67.8 Å². The first kappa shape index (κ1) is 17.1. The highest BCUT2D eigenvalue weighted by molar-refractivity contribution is 5.76. The van der Waals surface area contributed by atoms with Crippen LogP contribution >= 0.6 is 0 Å². The molecule has 3 saturated carbocycles. The van der Waals surface area contributed by atoms with Crippen molar-refractivity contribution in [3.63, 3.8) is 0 Å². The molecule has 0 aliphatic heterocycles. The Morgan fingerprint density at radius 2 is 1.88 bits per heavy atom. The summed E-state index contributed by atoms with van der Waals surface area (Å²) in [7, 11) is 0. The molecule has 0 unspecified atom stereocenters. The van der Waals surface area contributed by atoms with Gasteiger partial charge in [0.2, 0.25) is 5.91 Å². The van der Waals surface area contributed by atoms with Crippen molar-refractivity contribution in [3.05, 3.63) is 35.9 Å². The minimum atomic E-state index is 0.235. The highest BCUT2D eigenvalue weighted by Crippen LogP contribution is 2.58. The van der Waals surface area contributed by atoms with Crippen molar-refractivity contribution in [3.8, 4) is 0 Å². The van der Waals surface area contributed by atoms with Crippen LogP contribution in [-0.2, 0) is 16.0 Å². The molecule has 3 aliphatic rings. The summed E-state index contributed by atoms with van der Waals surface area (Å²) in [5.74, 6) is 3.84. The number of hydrogen-bond donors (Lipinski definition) is 1. The number of nitrogens with one attached hydrogen (secondary N) is 1. The van der Waals surface area contributed by atoms with Crippen LogP contribution in [0.5, 0.6) is 0 Å². The third-order valence-electron chi connectivity index (χ3n) is 6.85. The molecule has 0 saturated heterocycles. The lowest BCUT2D eigenvalue weighted by atomic mass is 9.79. The number of hydrogen-bond acceptors (Lipinski definition) is 2. The van der Waals surface area contributed by atoms with E-state index in [9.17, 15) is 4.79 Å². The molecule has 1 aromatic rings. The number of fused-ring (bicyclic) bond motifs is 5. The lowest BCUT2D eigenvalue weighted by molar-refractivity contribution is -0.122. The van der Waals surface area contributed by atoms with E-state index in [4.69, 9.17) is 4.74 Å². The normalized spacial score (nSPS) is 32.7. The zero-order valence-corrected chi connectivity index (χ0v) is 15.2. The summed E-state index contributed by atoms with van der Waals surface area (Å²) in [4.78, 5) is 12.3. The standard InChI is InChI=1S/C22H31NO2/c24-22(10-5-12-25-13-11-16-6-2-1-3-7-16)23-21-15-17-14-20(21)19-9-4-8-18(17)19/h1-3,6-7,17-21H,4-5,8-15H2,(H,23,24)/t17-,18-,19-,20+,21-/m1/s1. The Morgan fingerprint density at radius 1 is 1.04 bits per heavy atom. The van der Waals surface area contributed by atoms with E-state index in [1.165, 1.54) is 37.7 Å². The van der Waals surface area contributed by atoms with Crippen LogP contribution in [0, 0.1) is 23.7 Å². The molecular formula is C22H31NO2. The van der Waals surface area contributed by atoms with Gasteiger partial charge in [0.15, 0.2) is 0 Å². The average molecular weight is 341 g/mol. The van der Waals surface area contributed by atoms with Crippen LogP contribution in [0.4, 0.5) is 0 Å². The predicted octanol–water partition coefficient (Wildman–Crippen LogP) is 3.97. The van der Waals surface area contributed by atoms with Gasteiger partial charge in [0.1, 0.15) is 0 Å². The molecule has 1 amide bonds. The van der Waals surface area contributed by atoms with Gasteiger partial charge in [-0.15, -0.1) is 0 Å². The Balaban J connectivity index is 1.09. The Kier molecular flexibility index (Phi) is 5.40. The second-order valence-corrected chi connectivity index (χ2v) is 8.28. The highest BCUT2D eigenvalue weighted by atomic mass is 16.5. The van der Waals surface area contributed by atoms with E-state index in [0.29, 0.717) is 19.1 Å². The van der Waals surface area contributed by atoms with Crippen molar-refractivity contribution in [2.24, 2.45) is 23.7 Å². The lowest BCUT2D eigenvalue weighted by Crippen LogP contribution is -2.42. The lowest BCUT2D eigenvalue weighted by Gasteiger charge is -2.32. The Hall–Kier alpha value is -1.35. The molecule has 0 aromatic heterocycles. The minimum absolute atomic E-state index is 0.235. The first-order valence-corrected chi connectivity index (χ1v) is 10.2. The van der Waals surface area contributed by atoms with Gasteiger partial charge in [-0.1, -0.05) is 36.8 Å². The summed E-state index contributed by atoms with van der Waals surface area (Å²) in [5, 5.41) is 3.35. The van der Waals surface area contributed by atoms with Gasteiger partial charge in [-0.3, -0.25) is 4.79 Å². The van der Waals surface area contributed by atoms with Crippen molar-refractivity contribution < 1.29 is 9.53 Å². The Labute approximate surface area is 151 Å². The van der Waals surface area contributed by atoms with Gasteiger partial charge >= 0.3 is 0 Å². The molecule has 0 radical (unpaired) electrons. The van der Waals surface area contributed by atoms with Gasteiger partial charge in [0.05, 0.1) is 6.61 Å². The predicted molar refractivity (Wildman–Crippen MR) is 99.2 cm³/mol. The zero-order chi connectivity index (χ0) is 17.1. The Morgan fingerprint density at radius 3 is 2.76 bits per heavy atom. The summed E-state index contributed by atoms with van der Waals surface area (Å²) in [6, 6.07) is 10.9. The topological polar surface area (TPSA) is 38.3 Å². The maximum absolute atomic E-state index is 12.3. The quantitative estimate of drug-likeness (QED) is 0.727. The second kappa shape index (κ2) is 7.90. The third-order valence-corrected chi connectivity index (χ3v) is 6.85. The monoisotopic (exact) mass is 341 g/mol. The summed E-state index contributed by atoms with van der Waals surface area (Å²) in [6.45, 7) is 1.42. The fourth-order valence-corrected chi connectivity index (χ4v) is 5.78. The molecule has 0 spiro atoms. The molecule has 1 aromatic carbocycles. The van der Waals surface area contributed by atoms with Crippen LogP contribution in [0.15, 0.2) is 30.3 Å². The number of rotatable bonds is 8. The minimum Gasteiger partial charge on any atom is -0.381 e. The van der Waals surface area contributed by atoms with Crippen LogP contribution in [0.25, 0.3) is 0 Å². The average Bonchev–Trinajstić information content (AvgIpc) is 3.32. The summed E-state index contributed by atoms with van der Waals surface area (Å²) in [6.07, 6.45) is 9.28. The maximum atomic E-state index is 12.3. The van der Waals surface area contributed by atoms with E-state index >= 15 is 0 Å². The van der Waals surface area contributed by atoms with Crippen LogP contribution in [-0.4, -0.2) is 25.2 Å². The van der Waals surface area contributed by atoms with Crippen LogP contribution in [0.2, 0.25) is 0 Å². The molecule has 2 bridgehead atoms. The van der Waals surface area contributed by atoms with Gasteiger partial charge in [0, 0.05) is 19.1 Å². The van der Waals surface area contributed by atoms with Crippen molar-refractivity contribution in [2.75, 3.05) is 13.2 Å². The molecule has 4 rings (SSSR count). The molecule has 3 nitrogen and oxygen atoms in total. The molecule has 5 atom stereocenters.